The summed E-state index contributed by atoms with van der Waals surface area (Å²) in [5.74, 6) is 0.825. The third-order valence-electron chi connectivity index (χ3n) is 2.38. The zero-order chi connectivity index (χ0) is 13.1. The maximum Gasteiger partial charge on any atom is 0.270 e. The standard InChI is InChI=1S/C11H10BrN3O3/c1-2-9(12)11-13-10(14-18-11)7-4-3-5-8(6-7)15(16)17/h3-6,9H,2H2,1H3. The van der Waals surface area contributed by atoms with Gasteiger partial charge in [0.15, 0.2) is 0 Å². The van der Waals surface area contributed by atoms with Gasteiger partial charge in [0.05, 0.1) is 9.75 Å². The van der Waals surface area contributed by atoms with E-state index in [4.69, 9.17) is 4.52 Å². The number of halogens is 1. The highest BCUT2D eigenvalue weighted by Crippen LogP contribution is 2.27. The first-order valence-electron chi connectivity index (χ1n) is 5.34. The van der Waals surface area contributed by atoms with E-state index in [1.54, 1.807) is 12.1 Å². The molecule has 1 atom stereocenters. The predicted molar refractivity (Wildman–Crippen MR) is 68.3 cm³/mol. The highest BCUT2D eigenvalue weighted by atomic mass is 79.9. The van der Waals surface area contributed by atoms with E-state index in [9.17, 15) is 10.1 Å². The summed E-state index contributed by atoms with van der Waals surface area (Å²) in [5, 5.41) is 14.5. The Bertz CT molecular complexity index is 570. The molecule has 18 heavy (non-hydrogen) atoms. The lowest BCUT2D eigenvalue weighted by Gasteiger charge is -1.97. The molecule has 94 valence electrons. The average Bonchev–Trinajstić information content (AvgIpc) is 2.87. The molecule has 1 aromatic heterocycles. The van der Waals surface area contributed by atoms with Crippen LogP contribution in [0.3, 0.4) is 0 Å². The molecule has 2 rings (SSSR count). The van der Waals surface area contributed by atoms with Gasteiger partial charge in [-0.3, -0.25) is 10.1 Å². The van der Waals surface area contributed by atoms with Crippen LogP contribution in [0.2, 0.25) is 0 Å². The van der Waals surface area contributed by atoms with Crippen molar-refractivity contribution in [1.82, 2.24) is 10.1 Å². The molecule has 0 spiro atoms. The Morgan fingerprint density at radius 1 is 1.56 bits per heavy atom. The lowest BCUT2D eigenvalue weighted by Crippen LogP contribution is -1.90. The maximum absolute atomic E-state index is 10.7. The number of rotatable bonds is 4. The summed E-state index contributed by atoms with van der Waals surface area (Å²) in [6.45, 7) is 1.98. The second-order valence-electron chi connectivity index (χ2n) is 3.64. The van der Waals surface area contributed by atoms with Crippen LogP contribution in [-0.4, -0.2) is 15.1 Å². The second-order valence-corrected chi connectivity index (χ2v) is 4.74. The van der Waals surface area contributed by atoms with Gasteiger partial charge in [-0.05, 0) is 6.42 Å². The van der Waals surface area contributed by atoms with Crippen molar-refractivity contribution in [3.05, 3.63) is 40.3 Å². The minimum atomic E-state index is -0.455. The lowest BCUT2D eigenvalue weighted by atomic mass is 10.2. The van der Waals surface area contributed by atoms with Crippen LogP contribution >= 0.6 is 15.9 Å². The fraction of sp³-hybridized carbons (Fsp3) is 0.273. The number of hydrogen-bond acceptors (Lipinski definition) is 5. The molecule has 2 aromatic rings. The van der Waals surface area contributed by atoms with Gasteiger partial charge in [-0.1, -0.05) is 40.1 Å². The summed E-state index contributed by atoms with van der Waals surface area (Å²) in [7, 11) is 0. The molecule has 0 saturated heterocycles. The Morgan fingerprint density at radius 3 is 3.00 bits per heavy atom. The van der Waals surface area contributed by atoms with Crippen molar-refractivity contribution in [1.29, 1.82) is 0 Å². The fourth-order valence-corrected chi connectivity index (χ4v) is 1.60. The average molecular weight is 312 g/mol. The van der Waals surface area contributed by atoms with E-state index in [0.29, 0.717) is 17.3 Å². The minimum Gasteiger partial charge on any atom is -0.338 e. The first kappa shape index (κ1) is 12.7. The third kappa shape index (κ3) is 2.56. The van der Waals surface area contributed by atoms with Gasteiger partial charge in [-0.25, -0.2) is 0 Å². The first-order chi connectivity index (χ1) is 8.61. The molecule has 0 bridgehead atoms. The molecule has 0 amide bonds. The number of nitro benzene ring substituents is 1. The van der Waals surface area contributed by atoms with Gasteiger partial charge >= 0.3 is 0 Å². The van der Waals surface area contributed by atoms with Gasteiger partial charge in [0.25, 0.3) is 5.69 Å². The molecule has 1 aromatic carbocycles. The molecule has 0 radical (unpaired) electrons. The molecular weight excluding hydrogens is 302 g/mol. The van der Waals surface area contributed by atoms with Gasteiger partial charge in [0.2, 0.25) is 11.7 Å². The molecule has 0 saturated carbocycles. The smallest absolute Gasteiger partial charge is 0.270 e. The van der Waals surface area contributed by atoms with Crippen molar-refractivity contribution in [3.8, 4) is 11.4 Å². The molecule has 1 heterocycles. The summed E-state index contributed by atoms with van der Waals surface area (Å²) < 4.78 is 5.09. The van der Waals surface area contributed by atoms with Gasteiger partial charge < -0.3 is 4.52 Å². The summed E-state index contributed by atoms with van der Waals surface area (Å²) in [5.41, 5.74) is 0.569. The number of nitro groups is 1. The third-order valence-corrected chi connectivity index (χ3v) is 3.42. The second kappa shape index (κ2) is 5.26. The molecular formula is C11H10BrN3O3. The Morgan fingerprint density at radius 2 is 2.33 bits per heavy atom. The van der Waals surface area contributed by atoms with Crippen molar-refractivity contribution in [3.63, 3.8) is 0 Å². The molecule has 0 fully saturated rings. The zero-order valence-corrected chi connectivity index (χ0v) is 11.1. The molecule has 1 unspecified atom stereocenters. The van der Waals surface area contributed by atoms with E-state index in [1.807, 2.05) is 6.92 Å². The van der Waals surface area contributed by atoms with Crippen molar-refractivity contribution in [2.75, 3.05) is 0 Å². The molecule has 0 N–H and O–H groups in total. The van der Waals surface area contributed by atoms with Crippen LogP contribution in [-0.2, 0) is 0 Å². The van der Waals surface area contributed by atoms with Gasteiger partial charge in [0.1, 0.15) is 0 Å². The van der Waals surface area contributed by atoms with Crippen molar-refractivity contribution < 1.29 is 9.45 Å². The molecule has 0 aliphatic rings. The molecule has 6 nitrogen and oxygen atoms in total. The maximum atomic E-state index is 10.7. The normalized spacial score (nSPS) is 12.3. The van der Waals surface area contributed by atoms with Gasteiger partial charge in [0, 0.05) is 17.7 Å². The van der Waals surface area contributed by atoms with Crippen molar-refractivity contribution in [2.24, 2.45) is 0 Å². The van der Waals surface area contributed by atoms with Crippen LogP contribution < -0.4 is 0 Å². The van der Waals surface area contributed by atoms with E-state index < -0.39 is 4.92 Å². The Labute approximate surface area is 111 Å². The fourth-order valence-electron chi connectivity index (χ4n) is 1.41. The SMILES string of the molecule is CCC(Br)c1nc(-c2cccc([N+](=O)[O-])c2)no1. The van der Waals surface area contributed by atoms with Crippen LogP contribution in [0.15, 0.2) is 28.8 Å². The largest absolute Gasteiger partial charge is 0.338 e. The van der Waals surface area contributed by atoms with Crippen LogP contribution in [0.1, 0.15) is 24.1 Å². The Balaban J connectivity index is 2.34. The van der Waals surface area contributed by atoms with Crippen LogP contribution in [0.25, 0.3) is 11.4 Å². The van der Waals surface area contributed by atoms with Crippen molar-refractivity contribution >= 4 is 21.6 Å². The minimum absolute atomic E-state index is 0.00236. The van der Waals surface area contributed by atoms with E-state index in [0.717, 1.165) is 6.42 Å². The topological polar surface area (TPSA) is 82.1 Å². The van der Waals surface area contributed by atoms with Crippen LogP contribution in [0.4, 0.5) is 5.69 Å². The van der Waals surface area contributed by atoms with Gasteiger partial charge in [-0.2, -0.15) is 4.98 Å². The predicted octanol–water partition coefficient (Wildman–Crippen LogP) is 3.49. The first-order valence-corrected chi connectivity index (χ1v) is 6.26. The summed E-state index contributed by atoms with van der Waals surface area (Å²) in [6, 6.07) is 6.14. The summed E-state index contributed by atoms with van der Waals surface area (Å²) in [6.07, 6.45) is 0.816. The molecule has 0 aliphatic heterocycles. The highest BCUT2D eigenvalue weighted by molar-refractivity contribution is 9.09. The Hall–Kier alpha value is -1.76. The number of aromatic nitrogens is 2. The number of nitrogens with zero attached hydrogens (tertiary/aromatic N) is 3. The lowest BCUT2D eigenvalue weighted by molar-refractivity contribution is -0.384. The van der Waals surface area contributed by atoms with Crippen molar-refractivity contribution in [2.45, 2.75) is 18.2 Å². The van der Waals surface area contributed by atoms with Crippen LogP contribution in [0.5, 0.6) is 0 Å². The van der Waals surface area contributed by atoms with E-state index in [2.05, 4.69) is 26.1 Å². The van der Waals surface area contributed by atoms with Gasteiger partial charge in [-0.15, -0.1) is 0 Å². The summed E-state index contributed by atoms with van der Waals surface area (Å²) in [4.78, 5) is 14.4. The number of benzene rings is 1. The van der Waals surface area contributed by atoms with E-state index in [-0.39, 0.29) is 10.5 Å². The zero-order valence-electron chi connectivity index (χ0n) is 9.54. The number of alkyl halides is 1. The highest BCUT2D eigenvalue weighted by Gasteiger charge is 2.16. The quantitative estimate of drug-likeness (QED) is 0.490. The molecule has 7 heteroatoms. The number of hydrogen-bond donors (Lipinski definition) is 0. The summed E-state index contributed by atoms with van der Waals surface area (Å²) >= 11 is 3.40. The van der Waals surface area contributed by atoms with Crippen LogP contribution in [0, 0.1) is 10.1 Å². The Kier molecular flexibility index (Phi) is 3.71. The monoisotopic (exact) mass is 311 g/mol. The molecule has 0 aliphatic carbocycles. The van der Waals surface area contributed by atoms with E-state index >= 15 is 0 Å². The van der Waals surface area contributed by atoms with E-state index in [1.165, 1.54) is 12.1 Å². The number of non-ortho nitro benzene ring substituents is 1.